The van der Waals surface area contributed by atoms with Crippen molar-refractivity contribution in [2.24, 2.45) is 0 Å². The van der Waals surface area contributed by atoms with E-state index in [-0.39, 0.29) is 18.2 Å². The van der Waals surface area contributed by atoms with Gasteiger partial charge < -0.3 is 10.2 Å². The van der Waals surface area contributed by atoms with Crippen LogP contribution in [0.1, 0.15) is 22.3 Å². The van der Waals surface area contributed by atoms with Crippen LogP contribution in [0.15, 0.2) is 97.6 Å². The Morgan fingerprint density at radius 2 is 1.69 bits per heavy atom. The summed E-state index contributed by atoms with van der Waals surface area (Å²) in [6.45, 7) is 6.52. The molecule has 162 valence electrons. The predicted molar refractivity (Wildman–Crippen MR) is 131 cm³/mol. The quantitative estimate of drug-likeness (QED) is 0.384. The minimum atomic E-state index is -0.123. The molecule has 0 unspecified atom stereocenters. The van der Waals surface area contributed by atoms with E-state index in [0.29, 0.717) is 13.1 Å². The molecule has 0 aliphatic rings. The van der Waals surface area contributed by atoms with Crippen molar-refractivity contribution in [1.82, 2.24) is 5.32 Å². The van der Waals surface area contributed by atoms with Crippen LogP contribution in [-0.4, -0.2) is 18.4 Å². The van der Waals surface area contributed by atoms with Gasteiger partial charge in [-0.1, -0.05) is 78.4 Å². The van der Waals surface area contributed by atoms with Gasteiger partial charge in [0.1, 0.15) is 0 Å². The highest BCUT2D eigenvalue weighted by Crippen LogP contribution is 2.21. The number of nitrogens with zero attached hydrogens (tertiary/aromatic N) is 1. The summed E-state index contributed by atoms with van der Waals surface area (Å²) >= 11 is 0. The Kier molecular flexibility index (Phi) is 8.15. The molecule has 2 amide bonds. The third-order valence-corrected chi connectivity index (χ3v) is 4.98. The number of amides is 2. The maximum absolute atomic E-state index is 13.2. The third-order valence-electron chi connectivity index (χ3n) is 4.98. The summed E-state index contributed by atoms with van der Waals surface area (Å²) in [5, 5.41) is 2.79. The van der Waals surface area contributed by atoms with Gasteiger partial charge in [-0.15, -0.1) is 6.58 Å². The summed E-state index contributed by atoms with van der Waals surface area (Å²) in [7, 11) is 0. The number of aryl methyl sites for hydroxylation is 1. The average molecular weight is 425 g/mol. The van der Waals surface area contributed by atoms with E-state index >= 15 is 0 Å². The molecule has 32 heavy (non-hydrogen) atoms. The molecule has 0 radical (unpaired) electrons. The molecule has 1 N–H and O–H groups in total. The van der Waals surface area contributed by atoms with Crippen LogP contribution < -0.4 is 10.2 Å². The first kappa shape index (κ1) is 22.8. The van der Waals surface area contributed by atoms with Gasteiger partial charge >= 0.3 is 0 Å². The highest BCUT2D eigenvalue weighted by atomic mass is 16.2. The average Bonchev–Trinajstić information content (AvgIpc) is 2.81. The fraction of sp³-hybridized carbons (Fsp3) is 0.143. The van der Waals surface area contributed by atoms with E-state index in [1.165, 1.54) is 5.56 Å². The normalized spacial score (nSPS) is 10.7. The van der Waals surface area contributed by atoms with Crippen LogP contribution in [-0.2, 0) is 22.6 Å². The largest absolute Gasteiger partial charge is 0.352 e. The van der Waals surface area contributed by atoms with E-state index in [1.807, 2.05) is 91.9 Å². The molecule has 0 aliphatic heterocycles. The smallest absolute Gasteiger partial charge is 0.251 e. The van der Waals surface area contributed by atoms with Crippen LogP contribution in [0, 0.1) is 6.92 Å². The van der Waals surface area contributed by atoms with Crippen molar-refractivity contribution in [3.8, 4) is 0 Å². The number of rotatable bonds is 9. The summed E-state index contributed by atoms with van der Waals surface area (Å²) in [4.78, 5) is 27.1. The standard InChI is InChI=1S/C28H28N2O2/c1-3-18-29-27(31)20-25-10-7-11-26(19-25)30(21-24-14-12-22(2)13-15-24)28(32)17-16-23-8-5-4-6-9-23/h3-17,19H,1,18,20-21H2,2H3,(H,29,31)/b17-16+. The molecule has 0 aliphatic carbocycles. The zero-order chi connectivity index (χ0) is 22.8. The van der Waals surface area contributed by atoms with E-state index in [1.54, 1.807) is 17.1 Å². The van der Waals surface area contributed by atoms with E-state index in [9.17, 15) is 9.59 Å². The molecule has 3 aromatic rings. The maximum atomic E-state index is 13.2. The molecule has 3 aromatic carbocycles. The molecular weight excluding hydrogens is 396 g/mol. The number of anilines is 1. The fourth-order valence-corrected chi connectivity index (χ4v) is 3.26. The molecule has 4 heteroatoms. The molecule has 0 saturated carbocycles. The van der Waals surface area contributed by atoms with Crippen LogP contribution in [0.4, 0.5) is 5.69 Å². The lowest BCUT2D eigenvalue weighted by Crippen LogP contribution is -2.29. The molecule has 0 aromatic heterocycles. The van der Waals surface area contributed by atoms with Crippen LogP contribution >= 0.6 is 0 Å². The van der Waals surface area contributed by atoms with Crippen molar-refractivity contribution in [2.75, 3.05) is 11.4 Å². The van der Waals surface area contributed by atoms with Crippen molar-refractivity contribution in [3.63, 3.8) is 0 Å². The molecular formula is C28H28N2O2. The zero-order valence-corrected chi connectivity index (χ0v) is 18.3. The number of hydrogen-bond acceptors (Lipinski definition) is 2. The monoisotopic (exact) mass is 424 g/mol. The molecule has 3 rings (SSSR count). The second-order valence-electron chi connectivity index (χ2n) is 7.59. The lowest BCUT2D eigenvalue weighted by atomic mass is 10.1. The van der Waals surface area contributed by atoms with Crippen molar-refractivity contribution in [2.45, 2.75) is 19.9 Å². The molecule has 0 atom stereocenters. The Hall–Kier alpha value is -3.92. The highest BCUT2D eigenvalue weighted by Gasteiger charge is 2.15. The summed E-state index contributed by atoms with van der Waals surface area (Å²) in [5.41, 5.74) is 4.76. The van der Waals surface area contributed by atoms with Crippen LogP contribution in [0.5, 0.6) is 0 Å². The summed E-state index contributed by atoms with van der Waals surface area (Å²) in [5.74, 6) is -0.204. The van der Waals surface area contributed by atoms with Crippen LogP contribution in [0.25, 0.3) is 6.08 Å². The van der Waals surface area contributed by atoms with Gasteiger partial charge in [0.15, 0.2) is 0 Å². The summed E-state index contributed by atoms with van der Waals surface area (Å²) in [6.07, 6.45) is 5.30. The second kappa shape index (κ2) is 11.5. The lowest BCUT2D eigenvalue weighted by molar-refractivity contribution is -0.120. The Labute approximate surface area is 189 Å². The van der Waals surface area contributed by atoms with Gasteiger partial charge in [-0.2, -0.15) is 0 Å². The van der Waals surface area contributed by atoms with Gasteiger partial charge in [0, 0.05) is 18.3 Å². The van der Waals surface area contributed by atoms with Gasteiger partial charge in [-0.05, 0) is 41.8 Å². The zero-order valence-electron chi connectivity index (χ0n) is 18.3. The molecule has 0 heterocycles. The second-order valence-corrected chi connectivity index (χ2v) is 7.59. The van der Waals surface area contributed by atoms with E-state index < -0.39 is 0 Å². The van der Waals surface area contributed by atoms with Crippen molar-refractivity contribution in [1.29, 1.82) is 0 Å². The Morgan fingerprint density at radius 1 is 0.938 bits per heavy atom. The fourth-order valence-electron chi connectivity index (χ4n) is 3.26. The molecule has 0 fully saturated rings. The van der Waals surface area contributed by atoms with Gasteiger partial charge in [0.2, 0.25) is 5.91 Å². The van der Waals surface area contributed by atoms with Crippen molar-refractivity contribution < 1.29 is 9.59 Å². The van der Waals surface area contributed by atoms with Crippen molar-refractivity contribution >= 4 is 23.6 Å². The number of nitrogens with one attached hydrogen (secondary N) is 1. The van der Waals surface area contributed by atoms with Gasteiger partial charge in [0.05, 0.1) is 13.0 Å². The summed E-state index contributed by atoms with van der Waals surface area (Å²) < 4.78 is 0. The number of carbonyl (C=O) groups excluding carboxylic acids is 2. The minimum absolute atomic E-state index is 0.0811. The number of benzene rings is 3. The van der Waals surface area contributed by atoms with Gasteiger partial charge in [-0.25, -0.2) is 0 Å². The molecule has 0 bridgehead atoms. The Bertz CT molecular complexity index is 1090. The maximum Gasteiger partial charge on any atom is 0.251 e. The Balaban J connectivity index is 1.86. The SMILES string of the molecule is C=CCNC(=O)Cc1cccc(N(Cc2ccc(C)cc2)C(=O)/C=C/c2ccccc2)c1. The highest BCUT2D eigenvalue weighted by molar-refractivity contribution is 6.03. The Morgan fingerprint density at radius 3 is 2.41 bits per heavy atom. The van der Waals surface area contributed by atoms with E-state index in [0.717, 1.165) is 22.4 Å². The topological polar surface area (TPSA) is 49.4 Å². The minimum Gasteiger partial charge on any atom is -0.352 e. The van der Waals surface area contributed by atoms with Gasteiger partial charge in [0.25, 0.3) is 5.91 Å². The van der Waals surface area contributed by atoms with E-state index in [2.05, 4.69) is 11.9 Å². The van der Waals surface area contributed by atoms with E-state index in [4.69, 9.17) is 0 Å². The molecule has 4 nitrogen and oxygen atoms in total. The first-order chi connectivity index (χ1) is 15.5. The third kappa shape index (κ3) is 6.81. The first-order valence-corrected chi connectivity index (χ1v) is 10.6. The van der Waals surface area contributed by atoms with Crippen LogP contribution in [0.3, 0.4) is 0 Å². The first-order valence-electron chi connectivity index (χ1n) is 10.6. The summed E-state index contributed by atoms with van der Waals surface area (Å²) in [6, 6.07) is 25.4. The predicted octanol–water partition coefficient (Wildman–Crippen LogP) is 5.09. The number of carbonyl (C=O) groups is 2. The molecule has 0 spiro atoms. The van der Waals surface area contributed by atoms with Gasteiger partial charge in [-0.3, -0.25) is 9.59 Å². The molecule has 0 saturated heterocycles. The lowest BCUT2D eigenvalue weighted by Gasteiger charge is -2.22. The van der Waals surface area contributed by atoms with Crippen LogP contribution in [0.2, 0.25) is 0 Å². The number of hydrogen-bond donors (Lipinski definition) is 1. The van der Waals surface area contributed by atoms with Crippen molar-refractivity contribution in [3.05, 3.63) is 120 Å².